The minimum atomic E-state index is -1.71. The van der Waals surface area contributed by atoms with Crippen molar-refractivity contribution in [3.05, 3.63) is 0 Å². The third-order valence-corrected chi connectivity index (χ3v) is 3.33. The van der Waals surface area contributed by atoms with Gasteiger partial charge >= 0.3 is 11.9 Å². The standard InChI is InChI=1S/C10H13NO8.Co.H3N/c12-6(13)3-11(4-7(14)15,5-8(16)17)10(1-2-10)9(18)19;;/h1-5H2,(H3-,12,13,14,15,16,17,18,19);;1H3/p-1. The van der Waals surface area contributed by atoms with Gasteiger partial charge in [0.2, 0.25) is 0 Å². The maximum absolute atomic E-state index is 11.2. The topological polar surface area (TPSA) is 190 Å². The Bertz CT molecular complexity index is 408. The first-order chi connectivity index (χ1) is 8.65. The van der Waals surface area contributed by atoms with Crippen LogP contribution in [0.5, 0.6) is 0 Å². The van der Waals surface area contributed by atoms with E-state index in [9.17, 15) is 29.4 Å². The van der Waals surface area contributed by atoms with Crippen LogP contribution in [0.2, 0.25) is 0 Å². The number of hydrogen-bond donors (Lipinski definition) is 3. The van der Waals surface area contributed by atoms with Crippen molar-refractivity contribution in [1.29, 1.82) is 0 Å². The Kier molecular flexibility index (Phi) is 7.56. The summed E-state index contributed by atoms with van der Waals surface area (Å²) >= 11 is 0. The molecule has 0 unspecified atom stereocenters. The molecule has 0 aromatic carbocycles. The Morgan fingerprint density at radius 2 is 1.33 bits per heavy atom. The molecule has 1 rings (SSSR count). The molecular weight excluding hydrogens is 335 g/mol. The molecule has 0 atom stereocenters. The number of aliphatic carboxylic acids is 4. The van der Waals surface area contributed by atoms with Crippen LogP contribution in [-0.4, -0.2) is 63.7 Å². The summed E-state index contributed by atoms with van der Waals surface area (Å²) in [5.41, 5.74) is -1.71. The first kappa shape index (κ1) is 21.6. The van der Waals surface area contributed by atoms with Gasteiger partial charge < -0.3 is 36.2 Å². The Labute approximate surface area is 129 Å². The Morgan fingerprint density at radius 3 is 1.52 bits per heavy atom. The summed E-state index contributed by atoms with van der Waals surface area (Å²) in [6.45, 7) is -2.95. The molecule has 0 aliphatic heterocycles. The molecule has 21 heavy (non-hydrogen) atoms. The van der Waals surface area contributed by atoms with Crippen LogP contribution in [0.25, 0.3) is 0 Å². The smallest absolute Gasteiger partial charge is 0.365 e. The largest absolute Gasteiger partial charge is 0.544 e. The molecule has 0 saturated heterocycles. The predicted octanol–water partition coefficient (Wildman–Crippen LogP) is -3.84. The number of quaternary nitrogens is 1. The normalized spacial score (nSPS) is 15.0. The van der Waals surface area contributed by atoms with Crippen molar-refractivity contribution in [3.8, 4) is 0 Å². The van der Waals surface area contributed by atoms with E-state index in [0.29, 0.717) is 0 Å². The second-order valence-electron chi connectivity index (χ2n) is 4.59. The van der Waals surface area contributed by atoms with Crippen molar-refractivity contribution >= 4 is 23.9 Å². The number of carbonyl (C=O) groups is 4. The van der Waals surface area contributed by atoms with Gasteiger partial charge in [0.1, 0.15) is 13.1 Å². The summed E-state index contributed by atoms with van der Waals surface area (Å²) in [6.07, 6.45) is 0.0202. The zero-order valence-electron chi connectivity index (χ0n) is 10.9. The van der Waals surface area contributed by atoms with Crippen LogP contribution >= 0.6 is 0 Å². The van der Waals surface area contributed by atoms with Crippen molar-refractivity contribution in [2.24, 2.45) is 0 Å². The van der Waals surface area contributed by atoms with Gasteiger partial charge in [-0.05, 0) is 0 Å². The summed E-state index contributed by atoms with van der Waals surface area (Å²) in [5.74, 6) is -6.34. The predicted molar refractivity (Wildman–Crippen MR) is 57.1 cm³/mol. The van der Waals surface area contributed by atoms with Crippen LogP contribution in [-0.2, 0) is 36.0 Å². The molecule has 0 heterocycles. The maximum atomic E-state index is 11.2. The number of rotatable bonds is 8. The van der Waals surface area contributed by atoms with Crippen LogP contribution in [0.3, 0.4) is 0 Å². The number of nitrogens with zero attached hydrogens (tertiary/aromatic N) is 1. The molecule has 1 aliphatic rings. The molecule has 0 aromatic heterocycles. The van der Waals surface area contributed by atoms with Crippen molar-refractivity contribution in [2.45, 2.75) is 18.4 Å². The van der Waals surface area contributed by atoms with E-state index in [2.05, 4.69) is 0 Å². The average molecular weight is 350 g/mol. The van der Waals surface area contributed by atoms with E-state index in [-0.39, 0.29) is 35.8 Å². The number of carbonyl (C=O) groups excluding carboxylic acids is 2. The van der Waals surface area contributed by atoms with Gasteiger partial charge in [-0.3, -0.25) is 4.48 Å². The van der Waals surface area contributed by atoms with Crippen LogP contribution in [0.4, 0.5) is 0 Å². The van der Waals surface area contributed by atoms with Gasteiger partial charge in [0.15, 0.2) is 12.1 Å². The Hall–Kier alpha value is -1.69. The first-order valence-electron chi connectivity index (χ1n) is 5.36. The van der Waals surface area contributed by atoms with Crippen LogP contribution in [0.15, 0.2) is 0 Å². The Balaban J connectivity index is 0. The van der Waals surface area contributed by atoms with Gasteiger partial charge in [-0.25, -0.2) is 9.59 Å². The fourth-order valence-corrected chi connectivity index (χ4v) is 2.38. The number of hydrogen-bond acceptors (Lipinski definition) is 7. The fraction of sp³-hybridized carbons (Fsp3) is 0.600. The van der Waals surface area contributed by atoms with Crippen LogP contribution < -0.4 is 16.4 Å². The molecule has 0 bridgehead atoms. The summed E-state index contributed by atoms with van der Waals surface area (Å²) in [4.78, 5) is 43.6. The molecule has 5 N–H and O–H groups in total. The summed E-state index contributed by atoms with van der Waals surface area (Å²) in [6, 6.07) is 0. The van der Waals surface area contributed by atoms with Gasteiger partial charge in [-0.2, -0.15) is 0 Å². The molecule has 11 heteroatoms. The zero-order chi connectivity index (χ0) is 14.8. The van der Waals surface area contributed by atoms with Crippen LogP contribution in [0.1, 0.15) is 12.8 Å². The maximum Gasteiger partial charge on any atom is 0.365 e. The van der Waals surface area contributed by atoms with Crippen LogP contribution in [0, 0.1) is 0 Å². The van der Waals surface area contributed by atoms with Crippen molar-refractivity contribution in [1.82, 2.24) is 6.15 Å². The van der Waals surface area contributed by atoms with E-state index in [4.69, 9.17) is 10.2 Å². The van der Waals surface area contributed by atoms with Gasteiger partial charge in [-0.1, -0.05) is 0 Å². The third-order valence-electron chi connectivity index (χ3n) is 3.33. The molecule has 1 radical (unpaired) electrons. The summed E-state index contributed by atoms with van der Waals surface area (Å²) < 4.78 is -1.14. The molecule has 1 saturated carbocycles. The third kappa shape index (κ3) is 4.39. The fourth-order valence-electron chi connectivity index (χ4n) is 2.38. The average Bonchev–Trinajstić information content (AvgIpc) is 2.93. The van der Waals surface area contributed by atoms with Crippen molar-refractivity contribution < 1.29 is 60.9 Å². The van der Waals surface area contributed by atoms with Gasteiger partial charge in [-0.15, -0.1) is 0 Å². The minimum Gasteiger partial charge on any atom is -0.544 e. The molecule has 1 aliphatic carbocycles. The van der Waals surface area contributed by atoms with E-state index < -0.39 is 53.5 Å². The molecule has 0 amide bonds. The summed E-state index contributed by atoms with van der Waals surface area (Å²) in [5, 5.41) is 39.5. The molecular formula is C10H15CoN2O8-. The van der Waals surface area contributed by atoms with E-state index in [1.54, 1.807) is 0 Å². The quantitative estimate of drug-likeness (QED) is 0.368. The number of carboxylic acid groups (broad SMARTS) is 4. The number of carboxylic acids is 4. The molecule has 1 fully saturated rings. The van der Waals surface area contributed by atoms with E-state index in [1.165, 1.54) is 0 Å². The second kappa shape index (κ2) is 7.35. The van der Waals surface area contributed by atoms with Crippen molar-refractivity contribution in [2.75, 3.05) is 19.6 Å². The molecule has 0 aromatic rings. The monoisotopic (exact) mass is 350 g/mol. The van der Waals surface area contributed by atoms with E-state index in [0.717, 1.165) is 0 Å². The molecule has 123 valence electrons. The zero-order valence-corrected chi connectivity index (χ0v) is 11.9. The second-order valence-corrected chi connectivity index (χ2v) is 4.59. The van der Waals surface area contributed by atoms with Crippen molar-refractivity contribution in [3.63, 3.8) is 0 Å². The molecule has 10 nitrogen and oxygen atoms in total. The summed E-state index contributed by atoms with van der Waals surface area (Å²) in [7, 11) is 0. The SMILES string of the molecule is N.O=C([O-])C[N+](CC(=O)[O-])(CC(=O)O)C1(C(=O)O)CC1.[Co]. The van der Waals surface area contributed by atoms with Gasteiger partial charge in [0, 0.05) is 29.6 Å². The molecule has 0 spiro atoms. The van der Waals surface area contributed by atoms with Gasteiger partial charge in [0.25, 0.3) is 0 Å². The first-order valence-corrected chi connectivity index (χ1v) is 5.36. The Morgan fingerprint density at radius 1 is 0.952 bits per heavy atom. The minimum absolute atomic E-state index is 0. The van der Waals surface area contributed by atoms with E-state index in [1.807, 2.05) is 0 Å². The van der Waals surface area contributed by atoms with Gasteiger partial charge in [0.05, 0.1) is 11.9 Å². The van der Waals surface area contributed by atoms with E-state index >= 15 is 0 Å².